The maximum absolute atomic E-state index is 5.97. The quantitative estimate of drug-likeness (QED) is 0.269. The summed E-state index contributed by atoms with van der Waals surface area (Å²) in [5.74, 6) is 1.62. The van der Waals surface area contributed by atoms with Gasteiger partial charge in [-0.15, -0.1) is 0 Å². The van der Waals surface area contributed by atoms with E-state index in [1.165, 1.54) is 61.6 Å². The Balaban J connectivity index is 1.43. The number of nitrogens with zero attached hydrogens (tertiary/aromatic N) is 2. The largest absolute Gasteiger partial charge is 0.489 e. The van der Waals surface area contributed by atoms with E-state index in [0.29, 0.717) is 6.61 Å². The molecule has 0 atom stereocenters. The summed E-state index contributed by atoms with van der Waals surface area (Å²) in [7, 11) is 0. The average Bonchev–Trinajstić information content (AvgIpc) is 2.82. The molecule has 31 heavy (non-hydrogen) atoms. The number of hydrogen-bond acceptors (Lipinski definition) is 3. The Kier molecular flexibility index (Phi) is 9.56. The smallest absolute Gasteiger partial charge is 0.159 e. The zero-order valence-corrected chi connectivity index (χ0v) is 19.1. The second kappa shape index (κ2) is 12.9. The van der Waals surface area contributed by atoms with Crippen LogP contribution in [0.5, 0.6) is 5.75 Å². The van der Waals surface area contributed by atoms with Crippen molar-refractivity contribution in [3.05, 3.63) is 77.6 Å². The first-order chi connectivity index (χ1) is 15.3. The van der Waals surface area contributed by atoms with Crippen LogP contribution in [0.1, 0.15) is 75.5 Å². The van der Waals surface area contributed by atoms with Crippen molar-refractivity contribution < 1.29 is 4.74 Å². The molecule has 3 aromatic rings. The normalized spacial score (nSPS) is 10.9. The van der Waals surface area contributed by atoms with E-state index < -0.39 is 0 Å². The van der Waals surface area contributed by atoms with Crippen molar-refractivity contribution >= 4 is 0 Å². The lowest BCUT2D eigenvalue weighted by Crippen LogP contribution is -1.96. The fraction of sp³-hybridized carbons (Fsp3) is 0.429. The van der Waals surface area contributed by atoms with E-state index in [2.05, 4.69) is 48.1 Å². The molecule has 3 rings (SSSR count). The van der Waals surface area contributed by atoms with Crippen LogP contribution in [0.2, 0.25) is 0 Å². The lowest BCUT2D eigenvalue weighted by molar-refractivity contribution is 0.306. The maximum Gasteiger partial charge on any atom is 0.159 e. The first-order valence-electron chi connectivity index (χ1n) is 11.9. The van der Waals surface area contributed by atoms with Crippen molar-refractivity contribution in [1.82, 2.24) is 9.97 Å². The zero-order chi connectivity index (χ0) is 21.7. The van der Waals surface area contributed by atoms with Gasteiger partial charge in [-0.1, -0.05) is 76.6 Å². The van der Waals surface area contributed by atoms with Gasteiger partial charge in [0.2, 0.25) is 0 Å². The summed E-state index contributed by atoms with van der Waals surface area (Å²) in [5.41, 5.74) is 4.82. The standard InChI is InChI=1S/C28H36N2O/c1-3-5-6-7-8-9-11-23-12-14-24(15-13-23)22-31-27-18-16-26(17-19-27)28-29-20-25(10-4-2)21-30-28/h12-21H,3-11,22H2,1-2H3. The van der Waals surface area contributed by atoms with Gasteiger partial charge < -0.3 is 4.74 Å². The van der Waals surface area contributed by atoms with Crippen molar-refractivity contribution in [2.75, 3.05) is 0 Å². The maximum atomic E-state index is 5.97. The molecule has 0 saturated heterocycles. The minimum Gasteiger partial charge on any atom is -0.489 e. The summed E-state index contributed by atoms with van der Waals surface area (Å²) < 4.78 is 5.97. The van der Waals surface area contributed by atoms with Crippen LogP contribution in [0, 0.1) is 0 Å². The summed E-state index contributed by atoms with van der Waals surface area (Å²) in [6.07, 6.45) is 15.2. The van der Waals surface area contributed by atoms with Crippen LogP contribution < -0.4 is 4.74 Å². The lowest BCUT2D eigenvalue weighted by Gasteiger charge is -2.08. The minimum absolute atomic E-state index is 0.582. The third-order valence-electron chi connectivity index (χ3n) is 5.60. The van der Waals surface area contributed by atoms with Crippen molar-refractivity contribution in [3.8, 4) is 17.1 Å². The molecule has 3 nitrogen and oxygen atoms in total. The van der Waals surface area contributed by atoms with Crippen molar-refractivity contribution in [2.45, 2.75) is 78.2 Å². The number of benzene rings is 2. The zero-order valence-electron chi connectivity index (χ0n) is 19.1. The molecule has 1 aromatic heterocycles. The topological polar surface area (TPSA) is 35.0 Å². The third kappa shape index (κ3) is 7.82. The van der Waals surface area contributed by atoms with E-state index in [1.807, 2.05) is 36.7 Å². The van der Waals surface area contributed by atoms with Crippen molar-refractivity contribution in [3.63, 3.8) is 0 Å². The summed E-state index contributed by atoms with van der Waals surface area (Å²) in [4.78, 5) is 8.97. The highest BCUT2D eigenvalue weighted by molar-refractivity contribution is 5.55. The molecule has 0 fully saturated rings. The molecule has 0 amide bonds. The minimum atomic E-state index is 0.582. The predicted molar refractivity (Wildman–Crippen MR) is 129 cm³/mol. The summed E-state index contributed by atoms with van der Waals surface area (Å²) in [5, 5.41) is 0. The fourth-order valence-electron chi connectivity index (χ4n) is 3.70. The van der Waals surface area contributed by atoms with E-state index in [1.54, 1.807) is 0 Å². The molecule has 2 aromatic carbocycles. The Morgan fingerprint density at radius 2 is 1.26 bits per heavy atom. The molecule has 0 saturated carbocycles. The highest BCUT2D eigenvalue weighted by Crippen LogP contribution is 2.20. The third-order valence-corrected chi connectivity index (χ3v) is 5.60. The van der Waals surface area contributed by atoms with Gasteiger partial charge in [-0.05, 0) is 60.2 Å². The molecule has 0 aliphatic heterocycles. The second-order valence-corrected chi connectivity index (χ2v) is 8.31. The van der Waals surface area contributed by atoms with Gasteiger partial charge in [-0.25, -0.2) is 9.97 Å². The molecule has 1 heterocycles. The predicted octanol–water partition coefficient (Wildman–Crippen LogP) is 7.58. The average molecular weight is 417 g/mol. The van der Waals surface area contributed by atoms with Gasteiger partial charge >= 0.3 is 0 Å². The Hall–Kier alpha value is -2.68. The van der Waals surface area contributed by atoms with Gasteiger partial charge in [-0.3, -0.25) is 0 Å². The number of aryl methyl sites for hydroxylation is 2. The van der Waals surface area contributed by atoms with Gasteiger partial charge in [0, 0.05) is 18.0 Å². The second-order valence-electron chi connectivity index (χ2n) is 8.31. The van der Waals surface area contributed by atoms with Crippen LogP contribution in [0.4, 0.5) is 0 Å². The van der Waals surface area contributed by atoms with E-state index in [9.17, 15) is 0 Å². The van der Waals surface area contributed by atoms with Crippen LogP contribution in [0.25, 0.3) is 11.4 Å². The van der Waals surface area contributed by atoms with Crippen molar-refractivity contribution in [1.29, 1.82) is 0 Å². The van der Waals surface area contributed by atoms with Crippen LogP contribution in [-0.4, -0.2) is 9.97 Å². The van der Waals surface area contributed by atoms with Crippen LogP contribution >= 0.6 is 0 Å². The van der Waals surface area contributed by atoms with Gasteiger partial charge in [0.1, 0.15) is 12.4 Å². The Labute approximate surface area is 187 Å². The molecular formula is C28H36N2O. The number of rotatable bonds is 13. The molecule has 0 unspecified atom stereocenters. The molecule has 0 aliphatic carbocycles. The van der Waals surface area contributed by atoms with E-state index >= 15 is 0 Å². The number of hydrogen-bond donors (Lipinski definition) is 0. The van der Waals surface area contributed by atoms with Gasteiger partial charge in [0.15, 0.2) is 5.82 Å². The highest BCUT2D eigenvalue weighted by Gasteiger charge is 2.03. The number of ether oxygens (including phenoxy) is 1. The molecular weight excluding hydrogens is 380 g/mol. The fourth-order valence-corrected chi connectivity index (χ4v) is 3.70. The molecule has 0 aliphatic rings. The Bertz CT molecular complexity index is 870. The van der Waals surface area contributed by atoms with Crippen LogP contribution in [0.3, 0.4) is 0 Å². The van der Waals surface area contributed by atoms with Gasteiger partial charge in [0.05, 0.1) is 0 Å². The number of aromatic nitrogens is 2. The van der Waals surface area contributed by atoms with Gasteiger partial charge in [-0.2, -0.15) is 0 Å². The molecule has 164 valence electrons. The Morgan fingerprint density at radius 1 is 0.613 bits per heavy atom. The first-order valence-corrected chi connectivity index (χ1v) is 11.9. The van der Waals surface area contributed by atoms with Crippen molar-refractivity contribution in [2.24, 2.45) is 0 Å². The number of unbranched alkanes of at least 4 members (excludes halogenated alkanes) is 5. The first kappa shape index (κ1) is 23.0. The van der Waals surface area contributed by atoms with E-state index in [4.69, 9.17) is 4.74 Å². The summed E-state index contributed by atoms with van der Waals surface area (Å²) >= 11 is 0. The van der Waals surface area contributed by atoms with E-state index in [-0.39, 0.29) is 0 Å². The van der Waals surface area contributed by atoms with E-state index in [0.717, 1.165) is 30.0 Å². The summed E-state index contributed by atoms with van der Waals surface area (Å²) in [6.45, 7) is 5.01. The monoisotopic (exact) mass is 416 g/mol. The highest BCUT2D eigenvalue weighted by atomic mass is 16.5. The molecule has 0 spiro atoms. The molecule has 3 heteroatoms. The summed E-state index contributed by atoms with van der Waals surface area (Å²) in [6, 6.07) is 16.9. The lowest BCUT2D eigenvalue weighted by atomic mass is 10.0. The van der Waals surface area contributed by atoms with Crippen LogP contribution in [0.15, 0.2) is 60.9 Å². The molecule has 0 N–H and O–H groups in total. The van der Waals surface area contributed by atoms with Crippen LogP contribution in [-0.2, 0) is 19.4 Å². The molecule has 0 radical (unpaired) electrons. The Morgan fingerprint density at radius 3 is 1.94 bits per heavy atom. The molecule has 0 bridgehead atoms. The SMILES string of the molecule is CCCCCCCCc1ccc(COc2ccc(-c3ncc(CCC)cn3)cc2)cc1. The van der Waals surface area contributed by atoms with Gasteiger partial charge in [0.25, 0.3) is 0 Å².